The van der Waals surface area contributed by atoms with Crippen LogP contribution >= 0.6 is 0 Å². The molecule has 3 aliphatic carbocycles. The highest BCUT2D eigenvalue weighted by molar-refractivity contribution is 6.12. The molecule has 2 N–H and O–H groups in total. The zero-order valence-electron chi connectivity index (χ0n) is 22.0. The maximum absolute atomic E-state index is 14.9. The number of carbonyl (C=O) groups is 2. The van der Waals surface area contributed by atoms with E-state index >= 15 is 0 Å². The van der Waals surface area contributed by atoms with Gasteiger partial charge in [-0.2, -0.15) is 0 Å². The van der Waals surface area contributed by atoms with E-state index in [4.69, 9.17) is 4.42 Å². The summed E-state index contributed by atoms with van der Waals surface area (Å²) >= 11 is 0. The number of benzene rings is 3. The minimum absolute atomic E-state index is 0.0190. The molecule has 4 aromatic rings. The normalized spacial score (nSPS) is 19.6. The van der Waals surface area contributed by atoms with Crippen LogP contribution < -0.4 is 10.6 Å². The summed E-state index contributed by atoms with van der Waals surface area (Å²) in [5.74, 6) is -0.652. The molecular weight excluding hydrogens is 498 g/mol. The fourth-order valence-electron chi connectivity index (χ4n) is 6.36. The lowest BCUT2D eigenvalue weighted by Gasteiger charge is -2.39. The Balaban J connectivity index is 1.47. The van der Waals surface area contributed by atoms with Crippen molar-refractivity contribution >= 4 is 22.8 Å². The van der Waals surface area contributed by atoms with Crippen LogP contribution in [0.2, 0.25) is 0 Å². The first-order valence-electron chi connectivity index (χ1n) is 13.5. The fourth-order valence-corrected chi connectivity index (χ4v) is 6.36. The molecule has 0 radical (unpaired) electrons. The average molecular weight is 529 g/mol. The zero-order valence-corrected chi connectivity index (χ0v) is 22.0. The minimum atomic E-state index is -0.562. The number of carbonyl (C=O) groups excluding carboxylic acids is 2. The van der Waals surface area contributed by atoms with Gasteiger partial charge in [-0.25, -0.2) is 8.78 Å². The number of hydrogen-bond acceptors (Lipinski definition) is 3. The lowest BCUT2D eigenvalue weighted by molar-refractivity contribution is 0.0836. The SMILES string of the molecule is CCCc1cc2oc(-c3ccc(F)cc3)c(C(=O)NC)c2cc1-c1ccc(F)c(C(=O)NC23CCC(C2)C3)c1. The van der Waals surface area contributed by atoms with Crippen LogP contribution in [0.4, 0.5) is 8.78 Å². The first-order chi connectivity index (χ1) is 18.8. The largest absolute Gasteiger partial charge is 0.455 e. The van der Waals surface area contributed by atoms with Gasteiger partial charge >= 0.3 is 0 Å². The monoisotopic (exact) mass is 528 g/mol. The van der Waals surface area contributed by atoms with Crippen LogP contribution in [-0.2, 0) is 6.42 Å². The summed E-state index contributed by atoms with van der Waals surface area (Å²) in [5, 5.41) is 6.37. The molecule has 0 spiro atoms. The molecule has 0 aliphatic heterocycles. The van der Waals surface area contributed by atoms with Crippen LogP contribution in [0.1, 0.15) is 65.3 Å². The first kappa shape index (κ1) is 25.3. The molecule has 0 atom stereocenters. The molecule has 200 valence electrons. The molecule has 1 heterocycles. The van der Waals surface area contributed by atoms with E-state index in [1.807, 2.05) is 12.1 Å². The number of furan rings is 1. The number of rotatable bonds is 7. The number of fused-ring (bicyclic) bond motifs is 2. The third kappa shape index (κ3) is 4.40. The summed E-state index contributed by atoms with van der Waals surface area (Å²) in [5.41, 5.74) is 3.73. The van der Waals surface area contributed by atoms with E-state index in [9.17, 15) is 18.4 Å². The predicted molar refractivity (Wildman–Crippen MR) is 147 cm³/mol. The Morgan fingerprint density at radius 3 is 2.41 bits per heavy atom. The topological polar surface area (TPSA) is 71.3 Å². The van der Waals surface area contributed by atoms with Gasteiger partial charge in [-0.1, -0.05) is 19.4 Å². The Morgan fingerprint density at radius 1 is 1.00 bits per heavy atom. The Kier molecular flexibility index (Phi) is 6.25. The summed E-state index contributed by atoms with van der Waals surface area (Å²) < 4.78 is 34.7. The van der Waals surface area contributed by atoms with Crippen molar-refractivity contribution < 1.29 is 22.8 Å². The Bertz CT molecular complexity index is 1590. The van der Waals surface area contributed by atoms with Crippen LogP contribution in [0.25, 0.3) is 33.4 Å². The molecule has 5 nitrogen and oxygen atoms in total. The number of amides is 2. The number of hydrogen-bond donors (Lipinski definition) is 2. The maximum Gasteiger partial charge on any atom is 0.255 e. The highest BCUT2D eigenvalue weighted by Gasteiger charge is 2.51. The highest BCUT2D eigenvalue weighted by atomic mass is 19.1. The second-order valence-electron chi connectivity index (χ2n) is 10.9. The maximum atomic E-state index is 14.9. The van der Waals surface area contributed by atoms with Gasteiger partial charge in [-0.05, 0) is 103 Å². The van der Waals surface area contributed by atoms with Crippen molar-refractivity contribution in [1.29, 1.82) is 0 Å². The van der Waals surface area contributed by atoms with Gasteiger partial charge in [-0.3, -0.25) is 9.59 Å². The Morgan fingerprint density at radius 2 is 1.74 bits per heavy atom. The summed E-state index contributed by atoms with van der Waals surface area (Å²) in [6.07, 6.45) is 5.57. The van der Waals surface area contributed by atoms with E-state index in [0.29, 0.717) is 39.3 Å². The van der Waals surface area contributed by atoms with E-state index in [2.05, 4.69) is 17.6 Å². The molecule has 2 amide bonds. The van der Waals surface area contributed by atoms with Crippen molar-refractivity contribution in [2.45, 2.75) is 51.0 Å². The number of nitrogens with one attached hydrogen (secondary N) is 2. The Labute approximate surface area is 225 Å². The van der Waals surface area contributed by atoms with Crippen LogP contribution in [-0.4, -0.2) is 24.4 Å². The quantitative estimate of drug-likeness (QED) is 0.271. The van der Waals surface area contributed by atoms with Crippen LogP contribution in [0.3, 0.4) is 0 Å². The lowest BCUT2D eigenvalue weighted by Crippen LogP contribution is -2.51. The van der Waals surface area contributed by atoms with Gasteiger partial charge in [0.15, 0.2) is 0 Å². The smallest absolute Gasteiger partial charge is 0.255 e. The summed E-state index contributed by atoms with van der Waals surface area (Å²) in [4.78, 5) is 26.2. The third-order valence-corrected chi connectivity index (χ3v) is 8.28. The van der Waals surface area contributed by atoms with Crippen molar-refractivity contribution in [3.8, 4) is 22.5 Å². The van der Waals surface area contributed by atoms with E-state index in [-0.39, 0.29) is 28.7 Å². The molecule has 7 rings (SSSR count). The molecule has 7 heteroatoms. The molecule has 1 aromatic heterocycles. The van der Waals surface area contributed by atoms with Gasteiger partial charge in [-0.15, -0.1) is 0 Å². The van der Waals surface area contributed by atoms with Crippen molar-refractivity contribution in [3.63, 3.8) is 0 Å². The third-order valence-electron chi connectivity index (χ3n) is 8.28. The lowest BCUT2D eigenvalue weighted by atomic mass is 9.77. The van der Waals surface area contributed by atoms with E-state index in [1.165, 1.54) is 18.2 Å². The average Bonchev–Trinajstić information content (AvgIpc) is 3.61. The van der Waals surface area contributed by atoms with Gasteiger partial charge in [0.1, 0.15) is 23.0 Å². The molecule has 2 bridgehead atoms. The number of halogens is 2. The van der Waals surface area contributed by atoms with E-state index in [0.717, 1.165) is 49.7 Å². The fraction of sp³-hybridized carbons (Fsp3) is 0.312. The zero-order chi connectivity index (χ0) is 27.3. The first-order valence-corrected chi connectivity index (χ1v) is 13.5. The second kappa shape index (κ2) is 9.63. The van der Waals surface area contributed by atoms with Gasteiger partial charge < -0.3 is 15.1 Å². The van der Waals surface area contributed by atoms with E-state index < -0.39 is 5.82 Å². The molecule has 0 saturated heterocycles. The van der Waals surface area contributed by atoms with Crippen molar-refractivity contribution in [2.24, 2.45) is 5.92 Å². The predicted octanol–water partition coefficient (Wildman–Crippen LogP) is 7.03. The van der Waals surface area contributed by atoms with Crippen molar-refractivity contribution in [3.05, 3.63) is 82.9 Å². The van der Waals surface area contributed by atoms with Crippen molar-refractivity contribution in [2.75, 3.05) is 7.05 Å². The van der Waals surface area contributed by atoms with Gasteiger partial charge in [0, 0.05) is 23.5 Å². The molecular formula is C32H30F2N2O3. The molecule has 3 saturated carbocycles. The van der Waals surface area contributed by atoms with Crippen molar-refractivity contribution in [1.82, 2.24) is 10.6 Å². The van der Waals surface area contributed by atoms with Crippen LogP contribution in [0, 0.1) is 17.6 Å². The molecule has 39 heavy (non-hydrogen) atoms. The summed E-state index contributed by atoms with van der Waals surface area (Å²) in [6.45, 7) is 2.06. The van der Waals surface area contributed by atoms with Crippen LogP contribution in [0.15, 0.2) is 59.0 Å². The van der Waals surface area contributed by atoms with E-state index in [1.54, 1.807) is 31.3 Å². The summed E-state index contributed by atoms with van der Waals surface area (Å²) in [7, 11) is 1.54. The molecule has 3 aromatic carbocycles. The summed E-state index contributed by atoms with van der Waals surface area (Å²) in [6, 6.07) is 14.2. The highest BCUT2D eigenvalue weighted by Crippen LogP contribution is 2.52. The standard InChI is InChI=1S/C32H30F2N2O3/c1-3-4-20-14-27-25(28(31(38)35-2)29(39-27)19-5-8-22(33)9-6-19)15-23(20)21-7-10-26(34)24(13-21)30(37)36-32-12-11-18(16-32)17-32/h5-10,13-15,18H,3-4,11-12,16-17H2,1-2H3,(H,35,38)(H,36,37). The van der Waals surface area contributed by atoms with Crippen LogP contribution in [0.5, 0.6) is 0 Å². The Hall–Kier alpha value is -4.00. The van der Waals surface area contributed by atoms with Gasteiger partial charge in [0.2, 0.25) is 0 Å². The molecule has 0 unspecified atom stereocenters. The number of aryl methyl sites for hydroxylation is 1. The molecule has 3 fully saturated rings. The second-order valence-corrected chi connectivity index (χ2v) is 10.9. The molecule has 3 aliphatic rings. The van der Waals surface area contributed by atoms with Gasteiger partial charge in [0.25, 0.3) is 11.8 Å². The van der Waals surface area contributed by atoms with Gasteiger partial charge in [0.05, 0.1) is 11.1 Å². The minimum Gasteiger partial charge on any atom is -0.455 e.